The van der Waals surface area contributed by atoms with Crippen LogP contribution in [0, 0.1) is 0 Å². The lowest BCUT2D eigenvalue weighted by Gasteiger charge is -2.09. The van der Waals surface area contributed by atoms with E-state index in [4.69, 9.17) is 16.0 Å². The molecule has 0 atom stereocenters. The van der Waals surface area contributed by atoms with Crippen molar-refractivity contribution >= 4 is 11.6 Å². The minimum absolute atomic E-state index is 0.167. The predicted octanol–water partition coefficient (Wildman–Crippen LogP) is 3.34. The van der Waals surface area contributed by atoms with E-state index in [1.807, 2.05) is 41.0 Å². The molecule has 0 saturated heterocycles. The van der Waals surface area contributed by atoms with Gasteiger partial charge in [-0.15, -0.1) is 0 Å². The van der Waals surface area contributed by atoms with Crippen LogP contribution in [0.1, 0.15) is 11.3 Å². The van der Waals surface area contributed by atoms with Gasteiger partial charge in [0.15, 0.2) is 16.7 Å². The Morgan fingerprint density at radius 2 is 1.95 bits per heavy atom. The van der Waals surface area contributed by atoms with Crippen LogP contribution in [-0.4, -0.2) is 14.7 Å². The van der Waals surface area contributed by atoms with Gasteiger partial charge in [-0.1, -0.05) is 41.9 Å². The monoisotopic (exact) mass is 288 g/mol. The highest BCUT2D eigenvalue weighted by molar-refractivity contribution is 6.30. The van der Waals surface area contributed by atoms with Crippen molar-refractivity contribution in [1.82, 2.24) is 9.55 Å². The van der Waals surface area contributed by atoms with E-state index in [1.54, 1.807) is 12.3 Å². The van der Waals surface area contributed by atoms with Gasteiger partial charge >= 0.3 is 0 Å². The van der Waals surface area contributed by atoms with Gasteiger partial charge < -0.3 is 14.1 Å². The smallest absolute Gasteiger partial charge is 0.178 e. The van der Waals surface area contributed by atoms with Gasteiger partial charge in [-0.3, -0.25) is 0 Å². The van der Waals surface area contributed by atoms with Gasteiger partial charge in [0, 0.05) is 6.54 Å². The van der Waals surface area contributed by atoms with Crippen molar-refractivity contribution in [3.8, 4) is 11.6 Å². The second-order valence-corrected chi connectivity index (χ2v) is 4.74. The molecule has 5 heteroatoms. The highest BCUT2D eigenvalue weighted by Gasteiger charge is 2.18. The summed E-state index contributed by atoms with van der Waals surface area (Å²) in [6.07, 6.45) is 1.59. The molecule has 0 aliphatic carbocycles. The Balaban J connectivity index is 2.08. The van der Waals surface area contributed by atoms with Crippen LogP contribution in [0.5, 0.6) is 0 Å². The molecule has 1 N–H and O–H groups in total. The first kappa shape index (κ1) is 13.0. The third-order valence-corrected chi connectivity index (χ3v) is 3.40. The molecule has 3 rings (SSSR count). The summed E-state index contributed by atoms with van der Waals surface area (Å²) in [4.78, 5) is 4.29. The number of benzene rings is 1. The van der Waals surface area contributed by atoms with Crippen molar-refractivity contribution in [2.75, 3.05) is 0 Å². The lowest BCUT2D eigenvalue weighted by molar-refractivity contribution is 0.272. The Bertz CT molecular complexity index is 690. The average molecular weight is 289 g/mol. The number of aliphatic hydroxyl groups excluding tert-OH is 1. The van der Waals surface area contributed by atoms with E-state index in [2.05, 4.69) is 4.98 Å². The molecule has 20 heavy (non-hydrogen) atoms. The van der Waals surface area contributed by atoms with Crippen molar-refractivity contribution in [3.63, 3.8) is 0 Å². The summed E-state index contributed by atoms with van der Waals surface area (Å²) < 4.78 is 7.26. The summed E-state index contributed by atoms with van der Waals surface area (Å²) in [6.45, 7) is 0.409. The first-order valence-electron chi connectivity index (χ1n) is 6.23. The van der Waals surface area contributed by atoms with Crippen LogP contribution in [0.25, 0.3) is 11.6 Å². The van der Waals surface area contributed by atoms with Gasteiger partial charge in [-0.25, -0.2) is 4.98 Å². The van der Waals surface area contributed by atoms with E-state index in [0.717, 1.165) is 5.56 Å². The number of aromatic nitrogens is 2. The number of hydrogen-bond donors (Lipinski definition) is 1. The van der Waals surface area contributed by atoms with Crippen molar-refractivity contribution in [2.24, 2.45) is 0 Å². The quantitative estimate of drug-likeness (QED) is 0.801. The number of imidazole rings is 1. The fraction of sp³-hybridized carbons (Fsp3) is 0.133. The summed E-state index contributed by atoms with van der Waals surface area (Å²) in [6, 6.07) is 13.6. The van der Waals surface area contributed by atoms with Gasteiger partial charge in [0.25, 0.3) is 0 Å². The van der Waals surface area contributed by atoms with Gasteiger partial charge in [-0.05, 0) is 17.7 Å². The lowest BCUT2D eigenvalue weighted by Crippen LogP contribution is -2.06. The highest BCUT2D eigenvalue weighted by Crippen LogP contribution is 2.27. The number of aliphatic hydroxyl groups is 1. The SMILES string of the molecule is OCc1c(Cl)nc(-c2ccco2)n1Cc1ccccc1. The van der Waals surface area contributed by atoms with Crippen LogP contribution < -0.4 is 0 Å². The van der Waals surface area contributed by atoms with E-state index in [9.17, 15) is 5.11 Å². The Labute approximate surface area is 121 Å². The molecular weight excluding hydrogens is 276 g/mol. The molecular formula is C15H13ClN2O2. The first-order valence-corrected chi connectivity index (χ1v) is 6.61. The van der Waals surface area contributed by atoms with E-state index in [0.29, 0.717) is 29.0 Å². The number of halogens is 1. The Kier molecular flexibility index (Phi) is 3.58. The zero-order valence-electron chi connectivity index (χ0n) is 10.7. The molecule has 0 spiro atoms. The molecule has 0 fully saturated rings. The molecule has 0 unspecified atom stereocenters. The maximum absolute atomic E-state index is 9.51. The zero-order valence-corrected chi connectivity index (χ0v) is 11.4. The summed E-state index contributed by atoms with van der Waals surface area (Å²) in [5, 5.41) is 9.81. The summed E-state index contributed by atoms with van der Waals surface area (Å²) in [5.41, 5.74) is 1.69. The topological polar surface area (TPSA) is 51.2 Å². The lowest BCUT2D eigenvalue weighted by atomic mass is 10.2. The zero-order chi connectivity index (χ0) is 13.9. The van der Waals surface area contributed by atoms with Crippen molar-refractivity contribution in [3.05, 3.63) is 65.1 Å². The third-order valence-electron chi connectivity index (χ3n) is 3.10. The molecule has 102 valence electrons. The average Bonchev–Trinajstić information content (AvgIpc) is 3.08. The Morgan fingerprint density at radius 3 is 2.60 bits per heavy atom. The minimum atomic E-state index is -0.167. The molecule has 0 aliphatic heterocycles. The number of nitrogens with zero attached hydrogens (tertiary/aromatic N) is 2. The normalized spacial score (nSPS) is 10.9. The van der Waals surface area contributed by atoms with Crippen molar-refractivity contribution in [1.29, 1.82) is 0 Å². The fourth-order valence-electron chi connectivity index (χ4n) is 2.14. The minimum Gasteiger partial charge on any atom is -0.461 e. The van der Waals surface area contributed by atoms with Crippen LogP contribution >= 0.6 is 11.6 Å². The number of hydrogen-bond acceptors (Lipinski definition) is 3. The summed E-state index contributed by atoms with van der Waals surface area (Å²) >= 11 is 6.10. The van der Waals surface area contributed by atoms with Crippen LogP contribution in [-0.2, 0) is 13.2 Å². The molecule has 0 amide bonds. The van der Waals surface area contributed by atoms with Crippen molar-refractivity contribution < 1.29 is 9.52 Å². The molecule has 1 aromatic carbocycles. The van der Waals surface area contributed by atoms with E-state index in [-0.39, 0.29) is 6.61 Å². The Morgan fingerprint density at radius 1 is 1.15 bits per heavy atom. The van der Waals surface area contributed by atoms with Crippen LogP contribution in [0.4, 0.5) is 0 Å². The highest BCUT2D eigenvalue weighted by atomic mass is 35.5. The van der Waals surface area contributed by atoms with Gasteiger partial charge in [0.05, 0.1) is 18.6 Å². The molecule has 0 bridgehead atoms. The maximum Gasteiger partial charge on any atom is 0.178 e. The van der Waals surface area contributed by atoms with E-state index in [1.165, 1.54) is 0 Å². The number of furan rings is 1. The molecule has 0 saturated carbocycles. The predicted molar refractivity (Wildman–Crippen MR) is 76.4 cm³/mol. The first-order chi connectivity index (χ1) is 9.79. The standard InChI is InChI=1S/C15H13ClN2O2/c16-14-12(10-19)18(9-11-5-2-1-3-6-11)15(17-14)13-7-4-8-20-13/h1-8,19H,9-10H2. The second-order valence-electron chi connectivity index (χ2n) is 4.38. The van der Waals surface area contributed by atoms with Gasteiger partial charge in [-0.2, -0.15) is 0 Å². The molecule has 0 radical (unpaired) electrons. The van der Waals surface area contributed by atoms with E-state index < -0.39 is 0 Å². The molecule has 4 nitrogen and oxygen atoms in total. The number of rotatable bonds is 4. The summed E-state index contributed by atoms with van der Waals surface area (Å²) in [5.74, 6) is 1.25. The molecule has 3 aromatic rings. The molecule has 2 heterocycles. The maximum atomic E-state index is 9.51. The van der Waals surface area contributed by atoms with Crippen LogP contribution in [0.15, 0.2) is 53.1 Å². The van der Waals surface area contributed by atoms with Crippen LogP contribution in [0.2, 0.25) is 5.15 Å². The largest absolute Gasteiger partial charge is 0.461 e. The second kappa shape index (κ2) is 5.53. The van der Waals surface area contributed by atoms with Crippen LogP contribution in [0.3, 0.4) is 0 Å². The third kappa shape index (κ3) is 2.35. The summed E-state index contributed by atoms with van der Waals surface area (Å²) in [7, 11) is 0. The van der Waals surface area contributed by atoms with Gasteiger partial charge in [0.2, 0.25) is 0 Å². The molecule has 0 aliphatic rings. The fourth-order valence-corrected chi connectivity index (χ4v) is 2.38. The molecule has 2 aromatic heterocycles. The van der Waals surface area contributed by atoms with E-state index >= 15 is 0 Å². The van der Waals surface area contributed by atoms with Gasteiger partial charge in [0.1, 0.15) is 0 Å². The Hall–Kier alpha value is -2.04. The van der Waals surface area contributed by atoms with Crippen molar-refractivity contribution in [2.45, 2.75) is 13.2 Å².